The van der Waals surface area contributed by atoms with Crippen molar-refractivity contribution in [2.75, 3.05) is 19.0 Å². The fraction of sp³-hybridized carbons (Fsp3) is 0.556. The highest BCUT2D eigenvalue weighted by Gasteiger charge is 2.15. The van der Waals surface area contributed by atoms with Crippen molar-refractivity contribution < 1.29 is 5.11 Å². The molecule has 1 rings (SSSR count). The molecule has 0 aliphatic heterocycles. The topological polar surface area (TPSA) is 58.4 Å². The second-order valence-corrected chi connectivity index (χ2v) is 3.44. The van der Waals surface area contributed by atoms with E-state index in [1.54, 1.807) is 25.1 Å². The minimum Gasteiger partial charge on any atom is -0.388 e. The Morgan fingerprint density at radius 1 is 1.57 bits per heavy atom. The maximum absolute atomic E-state index is 11.6. The first kappa shape index (κ1) is 10.7. The molecule has 1 aromatic rings. The standard InChI is InChI=1S/C9H15N3O2/c1-6(13)8-7(11(2)3)5-10-12(4)9(8)14/h5-6,13H,1-4H3. The molecule has 1 unspecified atom stereocenters. The average Bonchev–Trinajstić information content (AvgIpc) is 2.08. The van der Waals surface area contributed by atoms with Gasteiger partial charge in [-0.15, -0.1) is 0 Å². The third kappa shape index (κ3) is 1.77. The summed E-state index contributed by atoms with van der Waals surface area (Å²) in [6.07, 6.45) is 0.790. The molecule has 5 nitrogen and oxygen atoms in total. The Bertz CT molecular complexity index is 382. The second kappa shape index (κ2) is 3.79. The van der Waals surface area contributed by atoms with Crippen LogP contribution in [-0.4, -0.2) is 29.0 Å². The van der Waals surface area contributed by atoms with Crippen molar-refractivity contribution in [1.82, 2.24) is 9.78 Å². The lowest BCUT2D eigenvalue weighted by Crippen LogP contribution is -2.28. The van der Waals surface area contributed by atoms with Gasteiger partial charge in [-0.3, -0.25) is 4.79 Å². The van der Waals surface area contributed by atoms with Crippen molar-refractivity contribution in [3.8, 4) is 0 Å². The van der Waals surface area contributed by atoms with E-state index in [4.69, 9.17) is 0 Å². The van der Waals surface area contributed by atoms with Gasteiger partial charge in [0.25, 0.3) is 5.56 Å². The van der Waals surface area contributed by atoms with Gasteiger partial charge in [0.2, 0.25) is 0 Å². The molecular formula is C9H15N3O2. The normalized spacial score (nSPS) is 12.6. The maximum atomic E-state index is 11.6. The molecule has 5 heteroatoms. The molecule has 1 heterocycles. The molecule has 0 fully saturated rings. The van der Waals surface area contributed by atoms with E-state index in [9.17, 15) is 9.90 Å². The van der Waals surface area contributed by atoms with E-state index in [1.807, 2.05) is 14.1 Å². The van der Waals surface area contributed by atoms with E-state index < -0.39 is 6.10 Å². The van der Waals surface area contributed by atoms with Crippen LogP contribution in [-0.2, 0) is 7.05 Å². The fourth-order valence-corrected chi connectivity index (χ4v) is 1.30. The van der Waals surface area contributed by atoms with Crippen molar-refractivity contribution in [3.63, 3.8) is 0 Å². The van der Waals surface area contributed by atoms with Crippen molar-refractivity contribution in [2.45, 2.75) is 13.0 Å². The lowest BCUT2D eigenvalue weighted by Gasteiger charge is -2.18. The van der Waals surface area contributed by atoms with Gasteiger partial charge in [0.05, 0.1) is 23.6 Å². The van der Waals surface area contributed by atoms with Crippen molar-refractivity contribution in [1.29, 1.82) is 0 Å². The van der Waals surface area contributed by atoms with Crippen molar-refractivity contribution in [2.24, 2.45) is 7.05 Å². The van der Waals surface area contributed by atoms with E-state index in [0.29, 0.717) is 11.3 Å². The summed E-state index contributed by atoms with van der Waals surface area (Å²) in [5, 5.41) is 13.4. The molecule has 14 heavy (non-hydrogen) atoms. The van der Waals surface area contributed by atoms with Gasteiger partial charge in [0.1, 0.15) is 0 Å². The number of hydrogen-bond acceptors (Lipinski definition) is 4. The molecule has 1 N–H and O–H groups in total. The predicted molar refractivity (Wildman–Crippen MR) is 54.4 cm³/mol. The van der Waals surface area contributed by atoms with Gasteiger partial charge in [-0.25, -0.2) is 4.68 Å². The summed E-state index contributed by atoms with van der Waals surface area (Å²) in [6, 6.07) is 0. The van der Waals surface area contributed by atoms with E-state index in [-0.39, 0.29) is 5.56 Å². The minimum absolute atomic E-state index is 0.258. The van der Waals surface area contributed by atoms with E-state index >= 15 is 0 Å². The molecular weight excluding hydrogens is 182 g/mol. The summed E-state index contributed by atoms with van der Waals surface area (Å²) in [5.41, 5.74) is 0.779. The molecule has 0 aliphatic carbocycles. The van der Waals surface area contributed by atoms with Crippen LogP contribution in [0, 0.1) is 0 Å². The largest absolute Gasteiger partial charge is 0.388 e. The summed E-state index contributed by atoms with van der Waals surface area (Å²) in [6.45, 7) is 1.57. The fourth-order valence-electron chi connectivity index (χ4n) is 1.30. The Morgan fingerprint density at radius 3 is 2.57 bits per heavy atom. The highest BCUT2D eigenvalue weighted by Crippen LogP contribution is 2.19. The molecule has 0 amide bonds. The summed E-state index contributed by atoms with van der Waals surface area (Å²) < 4.78 is 1.22. The van der Waals surface area contributed by atoms with Crippen LogP contribution in [0.3, 0.4) is 0 Å². The zero-order valence-electron chi connectivity index (χ0n) is 8.85. The zero-order valence-corrected chi connectivity index (χ0v) is 8.85. The summed E-state index contributed by atoms with van der Waals surface area (Å²) in [7, 11) is 5.18. The minimum atomic E-state index is -0.783. The quantitative estimate of drug-likeness (QED) is 0.719. The highest BCUT2D eigenvalue weighted by atomic mass is 16.3. The Labute approximate surface area is 82.6 Å². The van der Waals surface area contributed by atoms with Crippen LogP contribution in [0.25, 0.3) is 0 Å². The van der Waals surface area contributed by atoms with Gasteiger partial charge >= 0.3 is 0 Å². The molecule has 0 radical (unpaired) electrons. The molecule has 0 saturated carbocycles. The van der Waals surface area contributed by atoms with Crippen LogP contribution in [0.15, 0.2) is 11.0 Å². The first-order chi connectivity index (χ1) is 6.45. The van der Waals surface area contributed by atoms with Crippen molar-refractivity contribution >= 4 is 5.69 Å². The maximum Gasteiger partial charge on any atom is 0.274 e. The van der Waals surface area contributed by atoms with Gasteiger partial charge < -0.3 is 10.0 Å². The number of rotatable bonds is 2. The molecule has 1 atom stereocenters. The lowest BCUT2D eigenvalue weighted by molar-refractivity contribution is 0.197. The predicted octanol–water partition coefficient (Wildman–Crippen LogP) is -0.100. The number of aliphatic hydroxyl groups excluding tert-OH is 1. The van der Waals surface area contributed by atoms with E-state index in [1.165, 1.54) is 4.68 Å². The van der Waals surface area contributed by atoms with Crippen LogP contribution in [0.1, 0.15) is 18.6 Å². The summed E-state index contributed by atoms with van der Waals surface area (Å²) in [4.78, 5) is 13.4. The van der Waals surface area contributed by atoms with Crippen LogP contribution >= 0.6 is 0 Å². The van der Waals surface area contributed by atoms with Gasteiger partial charge in [-0.2, -0.15) is 5.10 Å². The van der Waals surface area contributed by atoms with Crippen molar-refractivity contribution in [3.05, 3.63) is 22.1 Å². The SMILES string of the molecule is CC(O)c1c(N(C)C)cnn(C)c1=O. The Balaban J connectivity index is 3.46. The van der Waals surface area contributed by atoms with Gasteiger partial charge in [-0.1, -0.05) is 0 Å². The average molecular weight is 197 g/mol. The van der Waals surface area contributed by atoms with Crippen LogP contribution in [0.2, 0.25) is 0 Å². The Morgan fingerprint density at radius 2 is 2.14 bits per heavy atom. The molecule has 0 bridgehead atoms. The Kier molecular flexibility index (Phi) is 2.90. The van der Waals surface area contributed by atoms with Crippen LogP contribution in [0.5, 0.6) is 0 Å². The van der Waals surface area contributed by atoms with Crippen LogP contribution in [0.4, 0.5) is 5.69 Å². The van der Waals surface area contributed by atoms with Gasteiger partial charge in [-0.05, 0) is 6.92 Å². The van der Waals surface area contributed by atoms with E-state index in [0.717, 1.165) is 0 Å². The number of aromatic nitrogens is 2. The zero-order chi connectivity index (χ0) is 10.9. The summed E-state index contributed by atoms with van der Waals surface area (Å²) >= 11 is 0. The van der Waals surface area contributed by atoms with Gasteiger partial charge in [0.15, 0.2) is 0 Å². The lowest BCUT2D eigenvalue weighted by atomic mass is 10.1. The van der Waals surface area contributed by atoms with Gasteiger partial charge in [0, 0.05) is 21.1 Å². The third-order valence-corrected chi connectivity index (χ3v) is 2.05. The number of aryl methyl sites for hydroxylation is 1. The molecule has 0 saturated heterocycles. The third-order valence-electron chi connectivity index (χ3n) is 2.05. The first-order valence-corrected chi connectivity index (χ1v) is 4.36. The molecule has 0 aromatic carbocycles. The molecule has 1 aromatic heterocycles. The first-order valence-electron chi connectivity index (χ1n) is 4.36. The number of aliphatic hydroxyl groups is 1. The molecule has 78 valence electrons. The Hall–Kier alpha value is -1.36. The summed E-state index contributed by atoms with van der Waals surface area (Å²) in [5.74, 6) is 0. The van der Waals surface area contributed by atoms with Crippen LogP contribution < -0.4 is 10.5 Å². The number of nitrogens with zero attached hydrogens (tertiary/aromatic N) is 3. The monoisotopic (exact) mass is 197 g/mol. The smallest absolute Gasteiger partial charge is 0.274 e. The second-order valence-electron chi connectivity index (χ2n) is 3.44. The number of anilines is 1. The highest BCUT2D eigenvalue weighted by molar-refractivity contribution is 5.50. The number of hydrogen-bond donors (Lipinski definition) is 1. The van der Waals surface area contributed by atoms with E-state index in [2.05, 4.69) is 5.10 Å². The molecule has 0 aliphatic rings. The molecule has 0 spiro atoms.